The summed E-state index contributed by atoms with van der Waals surface area (Å²) in [5.74, 6) is -0.317. The van der Waals surface area contributed by atoms with Crippen LogP contribution in [0.1, 0.15) is 23.7 Å². The first-order chi connectivity index (χ1) is 8.72. The number of carbonyl (C=O) groups is 1. The van der Waals surface area contributed by atoms with Gasteiger partial charge in [-0.1, -0.05) is 35.0 Å². The topological polar surface area (TPSA) is 80.8 Å². The average molecular weight is 267 g/mol. The summed E-state index contributed by atoms with van der Waals surface area (Å²) in [4.78, 5) is 11.5. The van der Waals surface area contributed by atoms with Crippen LogP contribution >= 0.6 is 11.6 Å². The molecule has 0 aliphatic carbocycles. The maximum absolute atomic E-state index is 11.5. The van der Waals surface area contributed by atoms with Crippen molar-refractivity contribution >= 4 is 17.6 Å². The fourth-order valence-electron chi connectivity index (χ4n) is 1.67. The molecule has 1 aromatic carbocycles. The van der Waals surface area contributed by atoms with Gasteiger partial charge >= 0.3 is 5.97 Å². The summed E-state index contributed by atoms with van der Waals surface area (Å²) < 4.78 is 4.67. The lowest BCUT2D eigenvalue weighted by Gasteiger charge is -2.13. The SMILES string of the molecule is COC(=O)CC(c1nn[nH]n1)c1ccccc1Cl. The van der Waals surface area contributed by atoms with Gasteiger partial charge in [0.05, 0.1) is 19.4 Å². The molecule has 2 aromatic rings. The number of carbonyl (C=O) groups excluding carboxylic acids is 1. The van der Waals surface area contributed by atoms with E-state index in [-0.39, 0.29) is 18.3 Å². The number of benzene rings is 1. The highest BCUT2D eigenvalue weighted by atomic mass is 35.5. The lowest BCUT2D eigenvalue weighted by atomic mass is 9.95. The molecule has 6 nitrogen and oxygen atoms in total. The van der Waals surface area contributed by atoms with Crippen molar-refractivity contribution in [3.05, 3.63) is 40.7 Å². The molecule has 1 atom stereocenters. The van der Waals surface area contributed by atoms with Gasteiger partial charge in [0.2, 0.25) is 0 Å². The summed E-state index contributed by atoms with van der Waals surface area (Å²) in [7, 11) is 1.34. The molecule has 0 aliphatic rings. The number of aromatic nitrogens is 4. The second-order valence-corrected chi connectivity index (χ2v) is 4.03. The Hall–Kier alpha value is -1.95. The van der Waals surface area contributed by atoms with Gasteiger partial charge in [-0.25, -0.2) is 0 Å². The summed E-state index contributed by atoms with van der Waals surface area (Å²) in [6.45, 7) is 0. The summed E-state index contributed by atoms with van der Waals surface area (Å²) in [6.07, 6.45) is 0.111. The van der Waals surface area contributed by atoms with E-state index < -0.39 is 0 Å². The fourth-order valence-corrected chi connectivity index (χ4v) is 1.93. The number of H-pyrrole nitrogens is 1. The Morgan fingerprint density at radius 3 is 2.89 bits per heavy atom. The maximum atomic E-state index is 11.5. The standard InChI is InChI=1S/C11H11ClN4O2/c1-18-10(17)6-8(11-13-15-16-14-11)7-4-2-3-5-9(7)12/h2-5,8H,6H2,1H3,(H,13,14,15,16). The van der Waals surface area contributed by atoms with Crippen molar-refractivity contribution in [1.29, 1.82) is 0 Å². The summed E-state index contributed by atoms with van der Waals surface area (Å²) in [5, 5.41) is 14.2. The minimum absolute atomic E-state index is 0.111. The van der Waals surface area contributed by atoms with Crippen LogP contribution in [-0.2, 0) is 9.53 Å². The molecule has 7 heteroatoms. The normalized spacial score (nSPS) is 12.1. The molecular weight excluding hydrogens is 256 g/mol. The molecule has 0 amide bonds. The molecule has 1 unspecified atom stereocenters. The molecule has 1 N–H and O–H groups in total. The van der Waals surface area contributed by atoms with E-state index in [1.807, 2.05) is 18.2 Å². The van der Waals surface area contributed by atoms with Crippen LogP contribution in [0.5, 0.6) is 0 Å². The largest absolute Gasteiger partial charge is 0.469 e. The highest BCUT2D eigenvalue weighted by molar-refractivity contribution is 6.31. The highest BCUT2D eigenvalue weighted by Crippen LogP contribution is 2.30. The second kappa shape index (κ2) is 5.59. The van der Waals surface area contributed by atoms with E-state index in [1.165, 1.54) is 7.11 Å². The lowest BCUT2D eigenvalue weighted by molar-refractivity contribution is -0.140. The molecule has 0 bridgehead atoms. The minimum Gasteiger partial charge on any atom is -0.469 e. The average Bonchev–Trinajstić information content (AvgIpc) is 2.90. The molecule has 0 saturated carbocycles. The van der Waals surface area contributed by atoms with Crippen molar-refractivity contribution in [2.45, 2.75) is 12.3 Å². The van der Waals surface area contributed by atoms with Crippen LogP contribution in [0.15, 0.2) is 24.3 Å². The zero-order valence-electron chi connectivity index (χ0n) is 9.63. The predicted octanol–water partition coefficient (Wildman–Crippen LogP) is 1.55. The van der Waals surface area contributed by atoms with E-state index in [4.69, 9.17) is 11.6 Å². The van der Waals surface area contributed by atoms with E-state index in [2.05, 4.69) is 25.4 Å². The Morgan fingerprint density at radius 2 is 2.28 bits per heavy atom. The number of aromatic amines is 1. The Bertz CT molecular complexity index is 530. The Kier molecular flexibility index (Phi) is 3.88. The van der Waals surface area contributed by atoms with Gasteiger partial charge in [0.15, 0.2) is 5.82 Å². The molecule has 94 valence electrons. The first-order valence-corrected chi connectivity index (χ1v) is 5.64. The number of ether oxygens (including phenoxy) is 1. The van der Waals surface area contributed by atoms with Crippen LogP contribution in [0.25, 0.3) is 0 Å². The summed E-state index contributed by atoms with van der Waals surface area (Å²) in [6, 6.07) is 7.23. The Morgan fingerprint density at radius 1 is 1.50 bits per heavy atom. The number of nitrogens with zero attached hydrogens (tertiary/aromatic N) is 3. The number of hydrogen-bond acceptors (Lipinski definition) is 5. The van der Waals surface area contributed by atoms with Crippen LogP contribution in [0.2, 0.25) is 5.02 Å². The molecule has 1 aromatic heterocycles. The van der Waals surface area contributed by atoms with Gasteiger partial charge in [-0.15, -0.1) is 10.2 Å². The van der Waals surface area contributed by atoms with Gasteiger partial charge in [0, 0.05) is 5.02 Å². The van der Waals surface area contributed by atoms with Crippen LogP contribution in [0, 0.1) is 0 Å². The van der Waals surface area contributed by atoms with Crippen LogP contribution in [0.3, 0.4) is 0 Å². The highest BCUT2D eigenvalue weighted by Gasteiger charge is 2.24. The Balaban J connectivity index is 2.36. The second-order valence-electron chi connectivity index (χ2n) is 3.62. The monoisotopic (exact) mass is 266 g/mol. The third-order valence-electron chi connectivity index (χ3n) is 2.55. The van der Waals surface area contributed by atoms with Gasteiger partial charge in [-0.05, 0) is 11.6 Å². The first kappa shape index (κ1) is 12.5. The van der Waals surface area contributed by atoms with Crippen molar-refractivity contribution < 1.29 is 9.53 Å². The number of halogens is 1. The van der Waals surface area contributed by atoms with Crippen LogP contribution in [-0.4, -0.2) is 33.7 Å². The zero-order chi connectivity index (χ0) is 13.0. The van der Waals surface area contributed by atoms with E-state index in [9.17, 15) is 4.79 Å². The number of hydrogen-bond donors (Lipinski definition) is 1. The van der Waals surface area contributed by atoms with E-state index in [0.717, 1.165) is 5.56 Å². The Labute approximate surface area is 108 Å². The first-order valence-electron chi connectivity index (χ1n) is 5.27. The van der Waals surface area contributed by atoms with Crippen molar-refractivity contribution in [2.75, 3.05) is 7.11 Å². The van der Waals surface area contributed by atoms with Gasteiger partial charge < -0.3 is 4.74 Å². The van der Waals surface area contributed by atoms with Crippen LogP contribution < -0.4 is 0 Å². The van der Waals surface area contributed by atoms with Crippen molar-refractivity contribution in [3.8, 4) is 0 Å². The number of methoxy groups -OCH3 is 1. The zero-order valence-corrected chi connectivity index (χ0v) is 10.4. The summed E-state index contributed by atoms with van der Waals surface area (Å²) >= 11 is 6.12. The number of rotatable bonds is 4. The van der Waals surface area contributed by atoms with Crippen molar-refractivity contribution in [2.24, 2.45) is 0 Å². The molecule has 0 spiro atoms. The lowest BCUT2D eigenvalue weighted by Crippen LogP contribution is -2.12. The number of esters is 1. The number of nitrogens with one attached hydrogen (secondary N) is 1. The van der Waals surface area contributed by atoms with Gasteiger partial charge in [-0.3, -0.25) is 4.79 Å². The smallest absolute Gasteiger partial charge is 0.306 e. The van der Waals surface area contributed by atoms with Crippen LogP contribution in [0.4, 0.5) is 0 Å². The van der Waals surface area contributed by atoms with Gasteiger partial charge in [-0.2, -0.15) is 5.21 Å². The molecule has 18 heavy (non-hydrogen) atoms. The molecule has 0 radical (unpaired) electrons. The van der Waals surface area contributed by atoms with E-state index in [1.54, 1.807) is 6.07 Å². The maximum Gasteiger partial charge on any atom is 0.306 e. The molecule has 1 heterocycles. The third kappa shape index (κ3) is 2.65. The van der Waals surface area contributed by atoms with E-state index >= 15 is 0 Å². The molecule has 2 rings (SSSR count). The molecule has 0 aliphatic heterocycles. The van der Waals surface area contributed by atoms with Gasteiger partial charge in [0.25, 0.3) is 0 Å². The van der Waals surface area contributed by atoms with Crippen molar-refractivity contribution in [1.82, 2.24) is 20.6 Å². The van der Waals surface area contributed by atoms with Crippen molar-refractivity contribution in [3.63, 3.8) is 0 Å². The third-order valence-corrected chi connectivity index (χ3v) is 2.90. The quantitative estimate of drug-likeness (QED) is 0.849. The summed E-state index contributed by atoms with van der Waals surface area (Å²) in [5.41, 5.74) is 0.769. The molecule has 0 fully saturated rings. The predicted molar refractivity (Wildman–Crippen MR) is 64.1 cm³/mol. The fraction of sp³-hybridized carbons (Fsp3) is 0.273. The molecule has 0 saturated heterocycles. The molecular formula is C11H11ClN4O2. The minimum atomic E-state index is -0.370. The number of tetrazole rings is 1. The van der Waals surface area contributed by atoms with E-state index in [0.29, 0.717) is 10.8 Å². The van der Waals surface area contributed by atoms with Gasteiger partial charge in [0.1, 0.15) is 0 Å².